The van der Waals surface area contributed by atoms with Gasteiger partial charge >= 0.3 is 12.1 Å². The van der Waals surface area contributed by atoms with Crippen molar-refractivity contribution < 1.29 is 23.8 Å². The Hall–Kier alpha value is -1.26. The Balaban J connectivity index is 3.30. The molecule has 0 aromatic rings. The van der Waals surface area contributed by atoms with Gasteiger partial charge in [0.05, 0.1) is 19.8 Å². The lowest BCUT2D eigenvalue weighted by Gasteiger charge is -2.05. The molecular weight excluding hydrogens is 212 g/mol. The number of unbranched alkanes of at least 4 members (excludes halogenated alkanes) is 1. The van der Waals surface area contributed by atoms with Crippen molar-refractivity contribution in [3.05, 3.63) is 0 Å². The van der Waals surface area contributed by atoms with Crippen molar-refractivity contribution in [2.75, 3.05) is 19.8 Å². The Bertz CT molecular complexity index is 203. The molecule has 0 atom stereocenters. The zero-order valence-corrected chi connectivity index (χ0v) is 9.99. The molecular formula is C11H20O5. The maximum atomic E-state index is 11.1. The van der Waals surface area contributed by atoms with Crippen molar-refractivity contribution in [2.45, 2.75) is 39.5 Å². The number of rotatable bonds is 8. The minimum absolute atomic E-state index is 0.182. The fraction of sp³-hybridized carbons (Fsp3) is 0.818. The van der Waals surface area contributed by atoms with Gasteiger partial charge in [0, 0.05) is 6.42 Å². The van der Waals surface area contributed by atoms with Crippen LogP contribution in [-0.4, -0.2) is 31.9 Å². The van der Waals surface area contributed by atoms with Crippen molar-refractivity contribution >= 4 is 12.1 Å². The van der Waals surface area contributed by atoms with Crippen LogP contribution in [0, 0.1) is 0 Å². The third-order valence-electron chi connectivity index (χ3n) is 1.77. The second-order valence-corrected chi connectivity index (χ2v) is 3.21. The van der Waals surface area contributed by atoms with Crippen LogP contribution in [0.15, 0.2) is 0 Å². The molecule has 0 aromatic carbocycles. The standard InChI is InChI=1S/C11H20O5/c1-3-5-8-15-10(12)7-6-9-16-11(13)14-4-2/h3-9H2,1-2H3. The predicted octanol–water partition coefficient (Wildman–Crippen LogP) is 2.28. The van der Waals surface area contributed by atoms with E-state index in [4.69, 9.17) is 4.74 Å². The molecule has 0 N–H and O–H groups in total. The van der Waals surface area contributed by atoms with Crippen LogP contribution in [0.3, 0.4) is 0 Å². The highest BCUT2D eigenvalue weighted by molar-refractivity contribution is 5.69. The van der Waals surface area contributed by atoms with Gasteiger partial charge in [-0.1, -0.05) is 13.3 Å². The average molecular weight is 232 g/mol. The molecule has 5 heteroatoms. The molecule has 0 aliphatic carbocycles. The van der Waals surface area contributed by atoms with Crippen LogP contribution in [0.25, 0.3) is 0 Å². The van der Waals surface area contributed by atoms with Crippen molar-refractivity contribution in [2.24, 2.45) is 0 Å². The van der Waals surface area contributed by atoms with Gasteiger partial charge in [-0.25, -0.2) is 4.79 Å². The van der Waals surface area contributed by atoms with Crippen LogP contribution in [0.5, 0.6) is 0 Å². The third kappa shape index (κ3) is 9.30. The summed E-state index contributed by atoms with van der Waals surface area (Å²) in [6, 6.07) is 0. The van der Waals surface area contributed by atoms with Crippen molar-refractivity contribution in [1.82, 2.24) is 0 Å². The summed E-state index contributed by atoms with van der Waals surface area (Å²) in [5, 5.41) is 0. The van der Waals surface area contributed by atoms with Crippen LogP contribution in [0.4, 0.5) is 4.79 Å². The SMILES string of the molecule is CCCCOC(=O)CCCOC(=O)OCC. The van der Waals surface area contributed by atoms with Gasteiger partial charge in [-0.2, -0.15) is 0 Å². The third-order valence-corrected chi connectivity index (χ3v) is 1.77. The Kier molecular flexibility index (Phi) is 9.46. The van der Waals surface area contributed by atoms with Gasteiger partial charge in [0.2, 0.25) is 0 Å². The van der Waals surface area contributed by atoms with Gasteiger partial charge in [0.1, 0.15) is 0 Å². The first-order chi connectivity index (χ1) is 7.70. The van der Waals surface area contributed by atoms with E-state index in [1.165, 1.54) is 0 Å². The van der Waals surface area contributed by atoms with E-state index in [9.17, 15) is 9.59 Å². The Labute approximate surface area is 96.1 Å². The Morgan fingerprint density at radius 3 is 2.25 bits per heavy atom. The van der Waals surface area contributed by atoms with Gasteiger partial charge in [-0.15, -0.1) is 0 Å². The topological polar surface area (TPSA) is 61.8 Å². The summed E-state index contributed by atoms with van der Waals surface area (Å²) >= 11 is 0. The van der Waals surface area contributed by atoms with E-state index in [-0.39, 0.29) is 25.6 Å². The van der Waals surface area contributed by atoms with Crippen LogP contribution in [0.1, 0.15) is 39.5 Å². The summed E-state index contributed by atoms with van der Waals surface area (Å²) in [7, 11) is 0. The van der Waals surface area contributed by atoms with E-state index >= 15 is 0 Å². The van der Waals surface area contributed by atoms with E-state index in [1.54, 1.807) is 6.92 Å². The number of hydrogen-bond donors (Lipinski definition) is 0. The number of esters is 1. The van der Waals surface area contributed by atoms with Gasteiger partial charge in [-0.05, 0) is 19.8 Å². The summed E-state index contributed by atoms with van der Waals surface area (Å²) in [6.07, 6.45) is 1.92. The van der Waals surface area contributed by atoms with Crippen LogP contribution < -0.4 is 0 Å². The molecule has 0 amide bonds. The van der Waals surface area contributed by atoms with Crippen LogP contribution in [-0.2, 0) is 19.0 Å². The zero-order chi connectivity index (χ0) is 12.2. The van der Waals surface area contributed by atoms with Crippen molar-refractivity contribution in [1.29, 1.82) is 0 Å². The van der Waals surface area contributed by atoms with Gasteiger partial charge in [-0.3, -0.25) is 4.79 Å². The largest absolute Gasteiger partial charge is 0.508 e. The highest BCUT2D eigenvalue weighted by Crippen LogP contribution is 1.97. The van der Waals surface area contributed by atoms with E-state index < -0.39 is 6.16 Å². The van der Waals surface area contributed by atoms with Crippen molar-refractivity contribution in [3.8, 4) is 0 Å². The molecule has 0 bridgehead atoms. The molecule has 0 rings (SSSR count). The Morgan fingerprint density at radius 2 is 1.62 bits per heavy atom. The second kappa shape index (κ2) is 10.3. The first-order valence-electron chi connectivity index (χ1n) is 5.65. The highest BCUT2D eigenvalue weighted by Gasteiger charge is 2.05. The zero-order valence-electron chi connectivity index (χ0n) is 9.99. The summed E-state index contributed by atoms with van der Waals surface area (Å²) in [5.74, 6) is -0.249. The molecule has 0 radical (unpaired) electrons. The molecule has 0 aromatic heterocycles. The second-order valence-electron chi connectivity index (χ2n) is 3.21. The van der Waals surface area contributed by atoms with Gasteiger partial charge in [0.15, 0.2) is 0 Å². The van der Waals surface area contributed by atoms with Crippen LogP contribution >= 0.6 is 0 Å². The minimum atomic E-state index is -0.693. The molecule has 16 heavy (non-hydrogen) atoms. The number of carbonyl (C=O) groups is 2. The van der Waals surface area contributed by atoms with E-state index in [2.05, 4.69) is 9.47 Å². The predicted molar refractivity (Wildman–Crippen MR) is 58.1 cm³/mol. The highest BCUT2D eigenvalue weighted by atomic mass is 16.7. The molecule has 5 nitrogen and oxygen atoms in total. The van der Waals surface area contributed by atoms with E-state index in [1.807, 2.05) is 6.92 Å². The van der Waals surface area contributed by atoms with E-state index in [0.29, 0.717) is 13.0 Å². The smallest absolute Gasteiger partial charge is 0.466 e. The van der Waals surface area contributed by atoms with Crippen molar-refractivity contribution in [3.63, 3.8) is 0 Å². The maximum Gasteiger partial charge on any atom is 0.508 e. The Morgan fingerprint density at radius 1 is 0.938 bits per heavy atom. The molecule has 0 saturated carbocycles. The molecule has 0 aliphatic heterocycles. The molecule has 0 unspecified atom stereocenters. The van der Waals surface area contributed by atoms with Gasteiger partial charge in [0.25, 0.3) is 0 Å². The van der Waals surface area contributed by atoms with E-state index in [0.717, 1.165) is 12.8 Å². The summed E-state index contributed by atoms with van der Waals surface area (Å²) in [5.41, 5.74) is 0. The lowest BCUT2D eigenvalue weighted by atomic mass is 10.3. The average Bonchev–Trinajstić information content (AvgIpc) is 2.25. The fourth-order valence-corrected chi connectivity index (χ4v) is 0.934. The summed E-state index contributed by atoms with van der Waals surface area (Å²) < 4.78 is 14.2. The number of ether oxygens (including phenoxy) is 3. The molecule has 0 saturated heterocycles. The number of carbonyl (C=O) groups excluding carboxylic acids is 2. The molecule has 0 aliphatic rings. The quantitative estimate of drug-likeness (QED) is 0.474. The first kappa shape index (κ1) is 14.7. The summed E-state index contributed by atoms with van der Waals surface area (Å²) in [6.45, 7) is 4.67. The molecule has 0 fully saturated rings. The fourth-order valence-electron chi connectivity index (χ4n) is 0.934. The normalized spacial score (nSPS) is 9.62. The lowest BCUT2D eigenvalue weighted by Crippen LogP contribution is -2.10. The van der Waals surface area contributed by atoms with Gasteiger partial charge < -0.3 is 14.2 Å². The van der Waals surface area contributed by atoms with Crippen LogP contribution in [0.2, 0.25) is 0 Å². The summed E-state index contributed by atoms with van der Waals surface area (Å²) in [4.78, 5) is 21.8. The molecule has 94 valence electrons. The minimum Gasteiger partial charge on any atom is -0.466 e. The maximum absolute atomic E-state index is 11.1. The first-order valence-corrected chi connectivity index (χ1v) is 5.65. The number of hydrogen-bond acceptors (Lipinski definition) is 5. The monoisotopic (exact) mass is 232 g/mol. The molecule has 0 heterocycles. The lowest BCUT2D eigenvalue weighted by molar-refractivity contribution is -0.144. The molecule has 0 spiro atoms.